The third kappa shape index (κ3) is 2.44. The molecule has 1 heterocycles. The Morgan fingerprint density at radius 3 is 2.68 bits per heavy atom. The number of nitrogens with one attached hydrogen (secondary N) is 2. The van der Waals surface area contributed by atoms with E-state index in [-0.39, 0.29) is 11.8 Å². The number of benzene rings is 1. The van der Waals surface area contributed by atoms with Crippen LogP contribution in [-0.4, -0.2) is 10.9 Å². The van der Waals surface area contributed by atoms with Gasteiger partial charge >= 0.3 is 0 Å². The lowest BCUT2D eigenvalue weighted by atomic mass is 9.85. The SMILES string of the molecule is O=C1CCCC2=C1C(c1ccc(Br)cc1)NC(=S)N2. The normalized spacial score (nSPS) is 22.7. The second-order valence-electron chi connectivity index (χ2n) is 4.75. The summed E-state index contributed by atoms with van der Waals surface area (Å²) >= 11 is 8.66. The molecule has 0 radical (unpaired) electrons. The fourth-order valence-electron chi connectivity index (χ4n) is 2.61. The summed E-state index contributed by atoms with van der Waals surface area (Å²) in [6.07, 6.45) is 2.43. The Morgan fingerprint density at radius 1 is 1.21 bits per heavy atom. The number of carbonyl (C=O) groups is 1. The van der Waals surface area contributed by atoms with Gasteiger partial charge in [-0.1, -0.05) is 28.1 Å². The van der Waals surface area contributed by atoms with Crippen LogP contribution in [0.2, 0.25) is 0 Å². The van der Waals surface area contributed by atoms with E-state index >= 15 is 0 Å². The molecule has 98 valence electrons. The van der Waals surface area contributed by atoms with E-state index in [1.165, 1.54) is 0 Å². The largest absolute Gasteiger partial charge is 0.351 e. The van der Waals surface area contributed by atoms with Gasteiger partial charge < -0.3 is 10.6 Å². The van der Waals surface area contributed by atoms with E-state index in [9.17, 15) is 4.79 Å². The van der Waals surface area contributed by atoms with E-state index in [0.29, 0.717) is 11.5 Å². The van der Waals surface area contributed by atoms with Crippen molar-refractivity contribution in [2.45, 2.75) is 25.3 Å². The molecule has 0 bridgehead atoms. The highest BCUT2D eigenvalue weighted by Crippen LogP contribution is 2.33. The molecular weight excluding hydrogens is 324 g/mol. The van der Waals surface area contributed by atoms with Gasteiger partial charge in [0.05, 0.1) is 6.04 Å². The summed E-state index contributed by atoms with van der Waals surface area (Å²) in [5.41, 5.74) is 2.91. The standard InChI is InChI=1S/C14H13BrN2OS/c15-9-6-4-8(5-7-9)13-12-10(16-14(19)17-13)2-1-3-11(12)18/h4-7,13H,1-3H2,(H2,16,17,19). The number of halogens is 1. The van der Waals surface area contributed by atoms with E-state index < -0.39 is 0 Å². The first-order valence-corrected chi connectivity index (χ1v) is 7.44. The van der Waals surface area contributed by atoms with E-state index in [1.807, 2.05) is 24.3 Å². The third-order valence-corrected chi connectivity index (χ3v) is 4.24. The summed E-state index contributed by atoms with van der Waals surface area (Å²) < 4.78 is 1.02. The maximum Gasteiger partial charge on any atom is 0.171 e. The van der Waals surface area contributed by atoms with Crippen LogP contribution >= 0.6 is 28.1 Å². The number of allylic oxidation sites excluding steroid dienone is 1. The molecule has 0 saturated heterocycles. The van der Waals surface area contributed by atoms with Gasteiger partial charge in [0.1, 0.15) is 0 Å². The molecule has 0 fully saturated rings. The second kappa shape index (κ2) is 5.06. The molecular formula is C14H13BrN2OS. The zero-order valence-electron chi connectivity index (χ0n) is 10.2. The minimum absolute atomic E-state index is 0.121. The van der Waals surface area contributed by atoms with Crippen LogP contribution in [0.3, 0.4) is 0 Å². The molecule has 3 nitrogen and oxygen atoms in total. The molecule has 0 spiro atoms. The summed E-state index contributed by atoms with van der Waals surface area (Å²) in [6.45, 7) is 0. The maximum absolute atomic E-state index is 12.2. The molecule has 19 heavy (non-hydrogen) atoms. The number of Topliss-reactive ketones (excluding diaryl/α,β-unsaturated/α-hetero) is 1. The maximum atomic E-state index is 12.2. The van der Waals surface area contributed by atoms with Gasteiger partial charge in [0.2, 0.25) is 0 Å². The molecule has 2 aliphatic rings. The minimum Gasteiger partial charge on any atom is -0.351 e. The van der Waals surface area contributed by atoms with Crippen molar-refractivity contribution in [3.05, 3.63) is 45.6 Å². The van der Waals surface area contributed by atoms with E-state index in [4.69, 9.17) is 12.2 Å². The van der Waals surface area contributed by atoms with Crippen LogP contribution in [0.5, 0.6) is 0 Å². The molecule has 5 heteroatoms. The summed E-state index contributed by atoms with van der Waals surface area (Å²) in [5, 5.41) is 6.94. The van der Waals surface area contributed by atoms with Crippen LogP contribution < -0.4 is 10.6 Å². The minimum atomic E-state index is -0.121. The van der Waals surface area contributed by atoms with Crippen molar-refractivity contribution in [2.75, 3.05) is 0 Å². The molecule has 0 saturated carbocycles. The Hall–Kier alpha value is -1.20. The van der Waals surface area contributed by atoms with Crippen LogP contribution in [0.25, 0.3) is 0 Å². The number of hydrogen-bond donors (Lipinski definition) is 2. The van der Waals surface area contributed by atoms with Crippen molar-refractivity contribution >= 4 is 39.0 Å². The first-order valence-electron chi connectivity index (χ1n) is 6.24. The average molecular weight is 337 g/mol. The van der Waals surface area contributed by atoms with Gasteiger partial charge in [-0.15, -0.1) is 0 Å². The van der Waals surface area contributed by atoms with E-state index in [0.717, 1.165) is 34.1 Å². The fraction of sp³-hybridized carbons (Fsp3) is 0.286. The molecule has 1 atom stereocenters. The van der Waals surface area contributed by atoms with Crippen molar-refractivity contribution in [1.82, 2.24) is 10.6 Å². The first kappa shape index (κ1) is 12.8. The molecule has 1 aromatic rings. The van der Waals surface area contributed by atoms with Crippen LogP contribution in [0.4, 0.5) is 0 Å². The third-order valence-electron chi connectivity index (χ3n) is 3.49. The van der Waals surface area contributed by atoms with Gasteiger partial charge in [-0.25, -0.2) is 0 Å². The van der Waals surface area contributed by atoms with Gasteiger partial charge in [0.25, 0.3) is 0 Å². The number of carbonyl (C=O) groups excluding carboxylic acids is 1. The zero-order chi connectivity index (χ0) is 13.4. The highest BCUT2D eigenvalue weighted by Gasteiger charge is 2.32. The molecule has 0 aromatic heterocycles. The van der Waals surface area contributed by atoms with Gasteiger partial charge in [-0.3, -0.25) is 4.79 Å². The highest BCUT2D eigenvalue weighted by molar-refractivity contribution is 9.10. The van der Waals surface area contributed by atoms with Gasteiger partial charge in [-0.2, -0.15) is 0 Å². The number of thiocarbonyl (C=S) groups is 1. The summed E-state index contributed by atoms with van der Waals surface area (Å²) in [4.78, 5) is 12.2. The van der Waals surface area contributed by atoms with Crippen LogP contribution in [0.1, 0.15) is 30.9 Å². The lowest BCUT2D eigenvalue weighted by Gasteiger charge is -2.33. The van der Waals surface area contributed by atoms with Crippen LogP contribution in [-0.2, 0) is 4.79 Å². The van der Waals surface area contributed by atoms with Crippen LogP contribution in [0.15, 0.2) is 40.0 Å². The monoisotopic (exact) mass is 336 g/mol. The van der Waals surface area contributed by atoms with Gasteiger partial charge in [-0.05, 0) is 42.8 Å². The Balaban J connectivity index is 2.05. The second-order valence-corrected chi connectivity index (χ2v) is 6.08. The molecule has 1 unspecified atom stereocenters. The predicted octanol–water partition coefficient (Wildman–Crippen LogP) is 2.98. The van der Waals surface area contributed by atoms with Crippen molar-refractivity contribution in [2.24, 2.45) is 0 Å². The van der Waals surface area contributed by atoms with Gasteiger partial charge in [0.15, 0.2) is 10.9 Å². The molecule has 1 aliphatic carbocycles. The average Bonchev–Trinajstić information content (AvgIpc) is 2.38. The lowest BCUT2D eigenvalue weighted by molar-refractivity contribution is -0.116. The summed E-state index contributed by atoms with van der Waals surface area (Å²) in [7, 11) is 0. The number of ketones is 1. The fourth-order valence-corrected chi connectivity index (χ4v) is 3.12. The van der Waals surface area contributed by atoms with Crippen molar-refractivity contribution in [3.8, 4) is 0 Å². The van der Waals surface area contributed by atoms with Crippen molar-refractivity contribution in [1.29, 1.82) is 0 Å². The van der Waals surface area contributed by atoms with Gasteiger partial charge in [0, 0.05) is 22.2 Å². The van der Waals surface area contributed by atoms with Crippen molar-refractivity contribution in [3.63, 3.8) is 0 Å². The van der Waals surface area contributed by atoms with E-state index in [2.05, 4.69) is 26.6 Å². The van der Waals surface area contributed by atoms with E-state index in [1.54, 1.807) is 0 Å². The highest BCUT2D eigenvalue weighted by atomic mass is 79.9. The van der Waals surface area contributed by atoms with Crippen LogP contribution in [0, 0.1) is 0 Å². The van der Waals surface area contributed by atoms with Crippen molar-refractivity contribution < 1.29 is 4.79 Å². The quantitative estimate of drug-likeness (QED) is 0.773. The zero-order valence-corrected chi connectivity index (χ0v) is 12.6. The number of hydrogen-bond acceptors (Lipinski definition) is 2. The molecule has 1 aliphatic heterocycles. The number of rotatable bonds is 1. The smallest absolute Gasteiger partial charge is 0.171 e. The molecule has 0 amide bonds. The Morgan fingerprint density at radius 2 is 1.95 bits per heavy atom. The predicted molar refractivity (Wildman–Crippen MR) is 81.6 cm³/mol. The summed E-state index contributed by atoms with van der Waals surface area (Å²) in [5.74, 6) is 0.219. The Kier molecular flexibility index (Phi) is 3.41. The first-order chi connectivity index (χ1) is 9.15. The lowest BCUT2D eigenvalue weighted by Crippen LogP contribution is -2.46. The topological polar surface area (TPSA) is 41.1 Å². The Bertz CT molecular complexity index is 580. The summed E-state index contributed by atoms with van der Waals surface area (Å²) in [6, 6.07) is 7.87. The molecule has 2 N–H and O–H groups in total. The Labute approximate surface area is 125 Å². The molecule has 1 aromatic carbocycles. The molecule has 3 rings (SSSR count).